The van der Waals surface area contributed by atoms with Crippen LogP contribution in [0.25, 0.3) is 44.1 Å². The van der Waals surface area contributed by atoms with Crippen LogP contribution < -0.4 is 31.8 Å². The second-order valence-corrected chi connectivity index (χ2v) is 37.8. The van der Waals surface area contributed by atoms with Crippen molar-refractivity contribution in [2.24, 2.45) is 17.8 Å². The summed E-state index contributed by atoms with van der Waals surface area (Å²) < 4.78 is 151. The number of ether oxygens (including phenoxy) is 7. The molecule has 0 saturated carbocycles. The first kappa shape index (κ1) is 116. The van der Waals surface area contributed by atoms with E-state index in [2.05, 4.69) is 71.5 Å². The second kappa shape index (κ2) is 45.9. The molecular formula is C92H111BCl6F8N13O14. The number of nitrogens with two attached hydrogens (primary N) is 2. The third-order valence-corrected chi connectivity index (χ3v) is 20.2. The Morgan fingerprint density at radius 2 is 0.761 bits per heavy atom. The lowest BCUT2D eigenvalue weighted by Crippen LogP contribution is -2.47. The second-order valence-electron chi connectivity index (χ2n) is 35.3. The van der Waals surface area contributed by atoms with E-state index in [1.807, 2.05) is 0 Å². The molecule has 729 valence electrons. The number of carbonyl (C=O) groups excluding carboxylic acids is 5. The Labute approximate surface area is 804 Å². The molecule has 134 heavy (non-hydrogen) atoms. The molecule has 3 saturated heterocycles. The van der Waals surface area contributed by atoms with Gasteiger partial charge in [0.15, 0.2) is 27.9 Å². The third kappa shape index (κ3) is 31.6. The number of nitrogens with one attached hydrogen (secondary N) is 2. The van der Waals surface area contributed by atoms with Crippen molar-refractivity contribution in [2.75, 3.05) is 31.1 Å². The van der Waals surface area contributed by atoms with Crippen LogP contribution in [0.15, 0.2) is 146 Å². The molecule has 27 nitrogen and oxygen atoms in total. The number of aliphatic hydroxyl groups excluding tert-OH is 1. The molecule has 42 heteroatoms. The number of aromatic nitrogens is 8. The van der Waals surface area contributed by atoms with Gasteiger partial charge in [0.25, 0.3) is 5.56 Å². The number of fused-ring (bicyclic) bond motifs is 4. The van der Waals surface area contributed by atoms with E-state index in [0.717, 1.165) is 0 Å². The van der Waals surface area contributed by atoms with Gasteiger partial charge in [0.2, 0.25) is 11.8 Å². The number of alkyl halides is 8. The number of benzene rings is 5. The standard InChI is InChI=1S/C26H32ClF2N3O5.C21H24ClF2N3O3.C15H27NO5.C11H6Cl2F2N2.C11H7ClF2N2O.C6H7ClN2.2CH4.B/c1-9-26(28,29)20-21(31-17-12-15(27)10-11-16(17)30-20)35-18-13-32(23(34)37-25(6,7)8)19(14(18)2)22(33)36-24(3,4)5;1-6-21(23,24)17-18(27-14-9-12(22)7-8-13(14)26-17)29-15-10-25-16(11(15)2)19(28)30-20(3,4)5;1-9-10(17)8-16(13(19)21-15(5,6)7)11(9)12(18)20-14(2,3)4;1-2-11(14,15)9-10(13)17-8-5-6(12)3-4-7(8)16-9;1-2-11(13,14)9-10(17)16-8-5-6(12)3-4-7(8)15-9;7-4-1-2-5(8)6(9)3-4;;;/h9-12,14,18-19H,1,13H2,2-8H3;6-9,11,15-16,25H,1,10H2,2-5H3;9-11,17H,8H2,1-7H3;2-5H,1H2;2-5H,1H2,(H,16,17);1-3H,8-9H2;2*1H4;/t14-,18+,19+;11-,15+,16+;9-,10+,11+;;;;;;/m111....../s1. The topological polar surface area (TPSA) is 364 Å². The van der Waals surface area contributed by atoms with Crippen LogP contribution in [0.1, 0.15) is 162 Å². The predicted molar refractivity (Wildman–Crippen MR) is 507 cm³/mol. The van der Waals surface area contributed by atoms with Gasteiger partial charge in [-0.1, -0.05) is 132 Å². The fourth-order valence-corrected chi connectivity index (χ4v) is 13.6. The van der Waals surface area contributed by atoms with E-state index in [9.17, 15) is 69.0 Å². The van der Waals surface area contributed by atoms with E-state index in [-0.39, 0.29) is 81.9 Å². The number of carbonyl (C=O) groups is 5. The molecule has 3 fully saturated rings. The van der Waals surface area contributed by atoms with Crippen LogP contribution in [-0.4, -0.2) is 177 Å². The minimum absolute atomic E-state index is 0. The summed E-state index contributed by atoms with van der Waals surface area (Å²) in [7, 11) is 0. The van der Waals surface area contributed by atoms with E-state index < -0.39 is 164 Å². The molecule has 7 heterocycles. The molecule has 0 aliphatic carbocycles. The number of likely N-dealkylation sites (tertiary alicyclic amines) is 2. The Balaban J connectivity index is 0.000000349. The van der Waals surface area contributed by atoms with Crippen molar-refractivity contribution >= 4 is 164 Å². The Morgan fingerprint density at radius 1 is 0.425 bits per heavy atom. The summed E-state index contributed by atoms with van der Waals surface area (Å²) in [6.07, 6.45) is -1.84. The van der Waals surface area contributed by atoms with Crippen molar-refractivity contribution in [3.63, 3.8) is 0 Å². The van der Waals surface area contributed by atoms with Crippen molar-refractivity contribution in [1.29, 1.82) is 0 Å². The van der Waals surface area contributed by atoms with Gasteiger partial charge in [-0.05, 0) is 219 Å². The maximum absolute atomic E-state index is 14.8. The number of hydrogen-bond donors (Lipinski definition) is 5. The number of allylic oxidation sites excluding steroid dienone is 4. The fourth-order valence-electron chi connectivity index (χ4n) is 12.5. The smallest absolute Gasteiger partial charge is 0.411 e. The van der Waals surface area contributed by atoms with Crippen LogP contribution in [0.5, 0.6) is 11.8 Å². The van der Waals surface area contributed by atoms with Crippen molar-refractivity contribution in [3.8, 4) is 11.8 Å². The summed E-state index contributed by atoms with van der Waals surface area (Å²) >= 11 is 34.8. The lowest BCUT2D eigenvalue weighted by molar-refractivity contribution is -0.162. The number of hydrogen-bond acceptors (Lipinski definition) is 24. The SMILES string of the molecule is C.C.C=CC(F)(F)c1nc2ccc(Cl)cc2[nH]c1=O.C=CC(F)(F)c1nc2ccc(Cl)cc2nc1Cl.C=CC(F)(F)c1nc2ccc(Cl)cc2nc1O[C@H]1CN(C(=O)OC(C)(C)C)[C@H](C(=O)OC(C)(C)C)[C@@H]1C.C=CC(F)(F)c1nc2ccc(Cl)cc2nc1O[C@H]1CN[C@H](C(=O)OC(C)(C)C)[C@@H]1C.C[C@H]1[C@@H](C(=O)OC(C)(C)C)N(C(=O)OC(C)(C)C)C[C@@H]1O.Nc1ccc(Cl)cc1N.[B]. The van der Waals surface area contributed by atoms with Gasteiger partial charge in [-0.15, -0.1) is 0 Å². The number of aromatic amines is 1. The summed E-state index contributed by atoms with van der Waals surface area (Å²) in [6.45, 7) is 43.9. The van der Waals surface area contributed by atoms with Crippen LogP contribution in [0.4, 0.5) is 56.1 Å². The summed E-state index contributed by atoms with van der Waals surface area (Å²) in [5.41, 5.74) is 6.73. The highest BCUT2D eigenvalue weighted by Crippen LogP contribution is 2.42. The summed E-state index contributed by atoms with van der Waals surface area (Å²) in [6, 6.07) is 20.5. The van der Waals surface area contributed by atoms with E-state index in [4.69, 9.17) is 114 Å². The Hall–Kier alpha value is -10.5. The zero-order valence-electron chi connectivity index (χ0n) is 75.4. The van der Waals surface area contributed by atoms with Crippen molar-refractivity contribution in [3.05, 3.63) is 205 Å². The number of esters is 3. The van der Waals surface area contributed by atoms with Crippen molar-refractivity contribution < 1.29 is 97.4 Å². The number of H-pyrrole nitrogens is 1. The third-order valence-electron chi connectivity index (χ3n) is 18.8. The van der Waals surface area contributed by atoms with E-state index in [0.29, 0.717) is 82.9 Å². The summed E-state index contributed by atoms with van der Waals surface area (Å²) in [4.78, 5) is 107. The van der Waals surface area contributed by atoms with Gasteiger partial charge in [0.1, 0.15) is 58.3 Å². The number of aliphatic hydroxyl groups is 1. The highest BCUT2D eigenvalue weighted by molar-refractivity contribution is 6.33. The number of anilines is 2. The number of rotatable bonds is 15. The highest BCUT2D eigenvalue weighted by Gasteiger charge is 2.52. The number of nitrogens with zero attached hydrogens (tertiary/aromatic N) is 9. The van der Waals surface area contributed by atoms with Gasteiger partial charge >= 0.3 is 53.8 Å². The molecular weight excluding hydrogens is 1890 g/mol. The van der Waals surface area contributed by atoms with Crippen molar-refractivity contribution in [2.45, 2.75) is 228 Å². The maximum atomic E-state index is 14.8. The minimum Gasteiger partial charge on any atom is -0.471 e. The average molecular weight is 2000 g/mol. The van der Waals surface area contributed by atoms with Crippen LogP contribution in [0.2, 0.25) is 30.3 Å². The molecule has 4 aromatic heterocycles. The summed E-state index contributed by atoms with van der Waals surface area (Å²) in [5.74, 6) is -17.6. The molecule has 2 amide bonds. The molecule has 5 aromatic carbocycles. The normalized spacial score (nSPS) is 18.4. The first-order chi connectivity index (χ1) is 60.2. The van der Waals surface area contributed by atoms with Gasteiger partial charge in [0, 0.05) is 57.8 Å². The van der Waals surface area contributed by atoms with Crippen LogP contribution in [0, 0.1) is 17.8 Å². The fraction of sp³-hybridized carbons (Fsp3) is 0.446. The van der Waals surface area contributed by atoms with E-state index >= 15 is 0 Å². The van der Waals surface area contributed by atoms with Crippen molar-refractivity contribution in [1.82, 2.24) is 55.0 Å². The molecule has 0 unspecified atom stereocenters. The quantitative estimate of drug-likeness (QED) is 0.0159. The molecule has 9 atom stereocenters. The van der Waals surface area contributed by atoms with Gasteiger partial charge in [-0.2, -0.15) is 35.1 Å². The Bertz CT molecular complexity index is 5800. The molecule has 0 bridgehead atoms. The van der Waals surface area contributed by atoms with Gasteiger partial charge < -0.3 is 60.0 Å². The monoisotopic (exact) mass is 1990 g/mol. The van der Waals surface area contributed by atoms with Crippen LogP contribution in [-0.2, 0) is 61.8 Å². The van der Waals surface area contributed by atoms with Crippen LogP contribution >= 0.6 is 69.6 Å². The Morgan fingerprint density at radius 3 is 1.16 bits per heavy atom. The lowest BCUT2D eigenvalue weighted by Gasteiger charge is -2.30. The lowest BCUT2D eigenvalue weighted by atomic mass is 10.00. The first-order valence-corrected chi connectivity index (χ1v) is 42.6. The molecule has 0 spiro atoms. The number of halogens is 14. The molecule has 12 rings (SSSR count). The zero-order valence-corrected chi connectivity index (χ0v) is 80.0. The Kier molecular flexibility index (Phi) is 39.7. The van der Waals surface area contributed by atoms with Gasteiger partial charge in [0.05, 0.1) is 74.7 Å². The van der Waals surface area contributed by atoms with E-state index in [1.54, 1.807) is 155 Å². The number of nitrogen functional groups attached to an aromatic ring is 2. The molecule has 7 N–H and O–H groups in total. The molecule has 3 radical (unpaired) electrons. The van der Waals surface area contributed by atoms with Gasteiger partial charge in [-0.25, -0.2) is 54.1 Å². The molecule has 3 aliphatic rings. The highest BCUT2D eigenvalue weighted by atomic mass is 35.5. The first-order valence-electron chi connectivity index (χ1n) is 40.3. The minimum atomic E-state index is -3.56. The summed E-state index contributed by atoms with van der Waals surface area (Å²) in [5, 5.41) is 14.8. The predicted octanol–water partition coefficient (Wildman–Crippen LogP) is 21.6. The average Bonchev–Trinajstić information content (AvgIpc) is 1.58. The van der Waals surface area contributed by atoms with Crippen LogP contribution in [0.3, 0.4) is 0 Å². The zero-order chi connectivity index (χ0) is 98.9. The number of amides is 2. The van der Waals surface area contributed by atoms with Gasteiger partial charge in [-0.3, -0.25) is 19.4 Å². The van der Waals surface area contributed by atoms with E-state index in [1.165, 1.54) is 70.5 Å². The number of β-amino-alcohol motifs (C(OH)–C–C–N with tert-alkyl or cyclic N) is 1. The molecule has 9 aromatic rings. The molecule has 3 aliphatic heterocycles. The maximum Gasteiger partial charge on any atom is 0.411 e. The largest absolute Gasteiger partial charge is 0.471 e.